The van der Waals surface area contributed by atoms with E-state index in [2.05, 4.69) is 6.92 Å². The van der Waals surface area contributed by atoms with Gasteiger partial charge in [-0.1, -0.05) is 47.0 Å². The lowest BCUT2D eigenvalue weighted by molar-refractivity contribution is -0.151. The Kier molecular flexibility index (Phi) is 8.37. The van der Waals surface area contributed by atoms with Crippen LogP contribution in [0.3, 0.4) is 0 Å². The number of hydrogen-bond acceptors (Lipinski definition) is 0. The van der Waals surface area contributed by atoms with Gasteiger partial charge in [0, 0.05) is 6.42 Å². The van der Waals surface area contributed by atoms with Crippen LogP contribution >= 0.6 is 0 Å². The summed E-state index contributed by atoms with van der Waals surface area (Å²) in [6.07, 6.45) is 0.584. The van der Waals surface area contributed by atoms with Crippen LogP contribution in [0.15, 0.2) is 0 Å². The van der Waals surface area contributed by atoms with Crippen molar-refractivity contribution in [1.82, 2.24) is 0 Å². The molecule has 2 aliphatic rings. The molecule has 0 N–H and O–H groups in total. The smallest absolute Gasteiger partial charge is 0.244 e. The van der Waals surface area contributed by atoms with E-state index in [1.165, 1.54) is 0 Å². The molecule has 2 saturated carbocycles. The Hall–Kier alpha value is -0.280. The summed E-state index contributed by atoms with van der Waals surface area (Å²) in [6.45, 7) is 7.95. The van der Waals surface area contributed by atoms with Gasteiger partial charge in [-0.25, -0.2) is 17.6 Å². The summed E-state index contributed by atoms with van der Waals surface area (Å²) in [7, 11) is 0. The van der Waals surface area contributed by atoms with Crippen molar-refractivity contribution in [2.75, 3.05) is 0 Å². The normalized spacial score (nSPS) is 38.6. The summed E-state index contributed by atoms with van der Waals surface area (Å²) >= 11 is 0. The fraction of sp³-hybridized carbons (Fsp3) is 1.00. The van der Waals surface area contributed by atoms with Gasteiger partial charge in [0.2, 0.25) is 0 Å². The van der Waals surface area contributed by atoms with E-state index in [9.17, 15) is 17.6 Å². The largest absolute Gasteiger partial charge is 0.254 e. The molecular weight excluding hydrogens is 304 g/mol. The van der Waals surface area contributed by atoms with Gasteiger partial charge in [-0.3, -0.25) is 0 Å². The molecule has 4 unspecified atom stereocenters. The van der Waals surface area contributed by atoms with E-state index in [4.69, 9.17) is 0 Å². The summed E-state index contributed by atoms with van der Waals surface area (Å²) in [6, 6.07) is 0. The third-order valence-electron chi connectivity index (χ3n) is 5.72. The van der Waals surface area contributed by atoms with Crippen LogP contribution in [0.4, 0.5) is 17.6 Å². The highest BCUT2D eigenvalue weighted by molar-refractivity contribution is 4.96. The van der Waals surface area contributed by atoms with Crippen LogP contribution in [0.1, 0.15) is 79.1 Å². The van der Waals surface area contributed by atoms with Gasteiger partial charge in [0.15, 0.2) is 0 Å². The van der Waals surface area contributed by atoms with Gasteiger partial charge in [0.05, 0.1) is 5.92 Å². The molecule has 4 atom stereocenters. The summed E-state index contributed by atoms with van der Waals surface area (Å²) in [4.78, 5) is 0. The first-order valence-corrected chi connectivity index (χ1v) is 9.51. The lowest BCUT2D eigenvalue weighted by Crippen LogP contribution is -2.48. The lowest BCUT2D eigenvalue weighted by Gasteiger charge is -2.42. The third kappa shape index (κ3) is 5.35. The molecule has 2 fully saturated rings. The molecule has 2 rings (SSSR count). The Morgan fingerprint density at radius 1 is 0.913 bits per heavy atom. The Morgan fingerprint density at radius 3 is 2.00 bits per heavy atom. The van der Waals surface area contributed by atoms with Crippen molar-refractivity contribution in [3.8, 4) is 0 Å². The second-order valence-corrected chi connectivity index (χ2v) is 7.32. The van der Waals surface area contributed by atoms with E-state index in [0.29, 0.717) is 18.8 Å². The van der Waals surface area contributed by atoms with E-state index in [1.54, 1.807) is 6.92 Å². The third-order valence-corrected chi connectivity index (χ3v) is 5.72. The topological polar surface area (TPSA) is 0 Å². The van der Waals surface area contributed by atoms with Gasteiger partial charge in [-0.05, 0) is 43.4 Å². The highest BCUT2D eigenvalue weighted by Crippen LogP contribution is 2.48. The monoisotopic (exact) mass is 338 g/mol. The van der Waals surface area contributed by atoms with Crippen molar-refractivity contribution in [3.63, 3.8) is 0 Å². The van der Waals surface area contributed by atoms with E-state index in [0.717, 1.165) is 25.7 Å². The van der Waals surface area contributed by atoms with Gasteiger partial charge in [-0.2, -0.15) is 0 Å². The Bertz CT molecular complexity index is 321. The first-order chi connectivity index (χ1) is 10.8. The fourth-order valence-electron chi connectivity index (χ4n) is 4.29. The SMILES string of the molecule is CC.CCC1CCC(F)C(F)C1C(F)(F)CC1CCC(C)CC1. The maximum atomic E-state index is 14.6. The van der Waals surface area contributed by atoms with Crippen LogP contribution < -0.4 is 0 Å². The van der Waals surface area contributed by atoms with Crippen LogP contribution in [0.25, 0.3) is 0 Å². The summed E-state index contributed by atoms with van der Waals surface area (Å²) in [5.74, 6) is -4.30. The van der Waals surface area contributed by atoms with Gasteiger partial charge in [-0.15, -0.1) is 0 Å². The van der Waals surface area contributed by atoms with Crippen LogP contribution in [0, 0.1) is 23.7 Å². The van der Waals surface area contributed by atoms with Gasteiger partial charge in [0.1, 0.15) is 12.3 Å². The van der Waals surface area contributed by atoms with E-state index in [-0.39, 0.29) is 24.7 Å². The zero-order valence-electron chi connectivity index (χ0n) is 15.1. The highest BCUT2D eigenvalue weighted by atomic mass is 19.3. The zero-order valence-corrected chi connectivity index (χ0v) is 15.1. The molecule has 2 aliphatic carbocycles. The second-order valence-electron chi connectivity index (χ2n) is 7.32. The lowest BCUT2D eigenvalue weighted by atomic mass is 9.69. The predicted octanol–water partition coefficient (Wildman–Crippen LogP) is 6.98. The first kappa shape index (κ1) is 20.8. The molecule has 0 aromatic rings. The van der Waals surface area contributed by atoms with Crippen molar-refractivity contribution < 1.29 is 17.6 Å². The van der Waals surface area contributed by atoms with E-state index < -0.39 is 24.2 Å². The quantitative estimate of drug-likeness (QED) is 0.485. The molecule has 0 saturated heterocycles. The first-order valence-electron chi connectivity index (χ1n) is 9.51. The molecule has 23 heavy (non-hydrogen) atoms. The molecular formula is C19H34F4. The van der Waals surface area contributed by atoms with Crippen LogP contribution in [-0.2, 0) is 0 Å². The van der Waals surface area contributed by atoms with Crippen molar-refractivity contribution in [2.45, 2.75) is 97.3 Å². The van der Waals surface area contributed by atoms with Gasteiger partial charge in [0.25, 0.3) is 5.92 Å². The van der Waals surface area contributed by atoms with Gasteiger partial charge >= 0.3 is 0 Å². The minimum Gasteiger partial charge on any atom is -0.244 e. The molecule has 0 bridgehead atoms. The number of rotatable bonds is 4. The molecule has 0 aromatic heterocycles. The van der Waals surface area contributed by atoms with E-state index >= 15 is 0 Å². The Labute approximate surface area is 139 Å². The maximum absolute atomic E-state index is 14.6. The summed E-state index contributed by atoms with van der Waals surface area (Å²) in [5.41, 5.74) is 0. The minimum absolute atomic E-state index is 0.0270. The summed E-state index contributed by atoms with van der Waals surface area (Å²) in [5, 5.41) is 0. The molecule has 0 nitrogen and oxygen atoms in total. The molecule has 4 heteroatoms. The molecule has 0 radical (unpaired) electrons. The fourth-order valence-corrected chi connectivity index (χ4v) is 4.29. The van der Waals surface area contributed by atoms with Crippen molar-refractivity contribution in [2.24, 2.45) is 23.7 Å². The van der Waals surface area contributed by atoms with E-state index in [1.807, 2.05) is 13.8 Å². The van der Waals surface area contributed by atoms with Crippen LogP contribution in [0.2, 0.25) is 0 Å². The van der Waals surface area contributed by atoms with Crippen LogP contribution in [-0.4, -0.2) is 18.3 Å². The molecule has 0 spiro atoms. The zero-order chi connectivity index (χ0) is 17.6. The van der Waals surface area contributed by atoms with Crippen molar-refractivity contribution >= 4 is 0 Å². The van der Waals surface area contributed by atoms with Crippen LogP contribution in [0.5, 0.6) is 0 Å². The summed E-state index contributed by atoms with van der Waals surface area (Å²) < 4.78 is 57.0. The molecule has 0 aromatic carbocycles. The molecule has 0 heterocycles. The number of halogens is 4. The number of hydrogen-bond donors (Lipinski definition) is 0. The number of alkyl halides is 4. The average Bonchev–Trinajstić information content (AvgIpc) is 2.53. The minimum atomic E-state index is -3.07. The van der Waals surface area contributed by atoms with Crippen molar-refractivity contribution in [1.29, 1.82) is 0 Å². The Morgan fingerprint density at radius 2 is 1.48 bits per heavy atom. The van der Waals surface area contributed by atoms with Crippen molar-refractivity contribution in [3.05, 3.63) is 0 Å². The molecule has 138 valence electrons. The second kappa shape index (κ2) is 9.27. The highest BCUT2D eigenvalue weighted by Gasteiger charge is 2.53. The standard InChI is InChI=1S/C17H28F4.C2H6/c1-3-13-8-9-14(18)16(19)15(13)17(20,21)10-12-6-4-11(2)5-7-12;1-2/h11-16H,3-10H2,1-2H3;1-2H3. The maximum Gasteiger partial charge on any atom is 0.254 e. The van der Waals surface area contributed by atoms with Gasteiger partial charge < -0.3 is 0 Å². The molecule has 0 amide bonds. The average molecular weight is 338 g/mol. The Balaban J connectivity index is 0.00000127. The molecule has 0 aliphatic heterocycles. The predicted molar refractivity (Wildman–Crippen MR) is 88.3 cm³/mol.